The van der Waals surface area contributed by atoms with Gasteiger partial charge in [0.15, 0.2) is 11.5 Å². The summed E-state index contributed by atoms with van der Waals surface area (Å²) < 4.78 is 6.25. The fourth-order valence-electron chi connectivity index (χ4n) is 5.53. The van der Waals surface area contributed by atoms with Crippen molar-refractivity contribution in [2.75, 3.05) is 0 Å². The van der Waals surface area contributed by atoms with Gasteiger partial charge in [0, 0.05) is 17.9 Å². The molecule has 0 amide bonds. The number of aliphatic hydroxyl groups is 2. The number of aliphatic hydroxyl groups excluding tert-OH is 2. The first-order valence-electron chi connectivity index (χ1n) is 12.1. The van der Waals surface area contributed by atoms with Gasteiger partial charge in [0.2, 0.25) is 0 Å². The third kappa shape index (κ3) is 4.53. The lowest BCUT2D eigenvalue weighted by molar-refractivity contribution is -0.196. The van der Waals surface area contributed by atoms with E-state index < -0.39 is 23.2 Å². The summed E-state index contributed by atoms with van der Waals surface area (Å²) in [6.07, 6.45) is 5.22. The highest BCUT2D eigenvalue weighted by Gasteiger charge is 2.59. The third-order valence-corrected chi connectivity index (χ3v) is 7.88. The van der Waals surface area contributed by atoms with Gasteiger partial charge < -0.3 is 30.3 Å². The summed E-state index contributed by atoms with van der Waals surface area (Å²) >= 11 is 0. The summed E-state index contributed by atoms with van der Waals surface area (Å²) in [5, 5.41) is 52.9. The topological polar surface area (TPSA) is 110 Å². The minimum absolute atomic E-state index is 0.0132. The van der Waals surface area contributed by atoms with E-state index in [1.165, 1.54) is 0 Å². The molecule has 5 N–H and O–H groups in total. The van der Waals surface area contributed by atoms with Gasteiger partial charge in [0.25, 0.3) is 0 Å². The zero-order chi connectivity index (χ0) is 25.7. The van der Waals surface area contributed by atoms with Crippen molar-refractivity contribution in [2.45, 2.75) is 71.7 Å². The summed E-state index contributed by atoms with van der Waals surface area (Å²) in [5.74, 6) is 0.258. The van der Waals surface area contributed by atoms with E-state index in [1.807, 2.05) is 46.8 Å². The van der Waals surface area contributed by atoms with Crippen LogP contribution in [-0.2, 0) is 12.8 Å². The maximum atomic E-state index is 10.8. The number of phenolic OH excluding ortho intramolecular Hbond substituents is 3. The molecular formula is C29H36O6. The molecule has 2 aliphatic rings. The van der Waals surface area contributed by atoms with Gasteiger partial charge in [0.1, 0.15) is 17.1 Å². The Morgan fingerprint density at radius 1 is 0.914 bits per heavy atom. The lowest BCUT2D eigenvalue weighted by atomic mass is 9.56. The Balaban J connectivity index is 1.64. The highest BCUT2D eigenvalue weighted by atomic mass is 16.5. The summed E-state index contributed by atoms with van der Waals surface area (Å²) in [7, 11) is 0. The van der Waals surface area contributed by atoms with Gasteiger partial charge in [-0.05, 0) is 80.0 Å². The van der Waals surface area contributed by atoms with Crippen LogP contribution in [0.4, 0.5) is 0 Å². The second-order valence-corrected chi connectivity index (χ2v) is 11.0. The lowest BCUT2D eigenvalue weighted by Gasteiger charge is -2.57. The monoisotopic (exact) mass is 480 g/mol. The molecule has 1 aliphatic carbocycles. The molecule has 188 valence electrons. The van der Waals surface area contributed by atoms with E-state index in [1.54, 1.807) is 30.4 Å². The van der Waals surface area contributed by atoms with Gasteiger partial charge in [-0.1, -0.05) is 37.6 Å². The van der Waals surface area contributed by atoms with Crippen LogP contribution < -0.4 is 4.74 Å². The number of hydrogen-bond donors (Lipinski definition) is 5. The number of benzene rings is 2. The van der Waals surface area contributed by atoms with E-state index in [0.29, 0.717) is 29.7 Å². The van der Waals surface area contributed by atoms with E-state index in [-0.39, 0.29) is 29.6 Å². The minimum Gasteiger partial charge on any atom is -0.507 e. The number of phenols is 3. The molecule has 0 unspecified atom stereocenters. The highest BCUT2D eigenvalue weighted by Crippen LogP contribution is 2.54. The van der Waals surface area contributed by atoms with Crippen LogP contribution in [0.3, 0.4) is 0 Å². The molecule has 4 rings (SSSR count). The zero-order valence-electron chi connectivity index (χ0n) is 21.0. The molecular weight excluding hydrogens is 444 g/mol. The normalized spacial score (nSPS) is 27.1. The van der Waals surface area contributed by atoms with Crippen LogP contribution in [0.5, 0.6) is 23.0 Å². The Kier molecular flexibility index (Phi) is 6.41. The van der Waals surface area contributed by atoms with Gasteiger partial charge in [-0.2, -0.15) is 0 Å². The van der Waals surface area contributed by atoms with E-state index in [0.717, 1.165) is 16.7 Å². The Labute approximate surface area is 206 Å². The molecule has 0 saturated heterocycles. The molecule has 1 aliphatic heterocycles. The maximum Gasteiger partial charge on any atom is 0.165 e. The number of allylic oxidation sites excluding steroid dienone is 2. The molecule has 2 aromatic carbocycles. The molecule has 2 aromatic rings. The van der Waals surface area contributed by atoms with Crippen LogP contribution >= 0.6 is 0 Å². The standard InChI is InChI=1S/C29H36O6/c1-16(2)6-9-20-21(30)11-18(12-22(20)31)8-7-17-10-19-14-24-28(3,4)25(33)15-26(34)29(24,5)35-27(19)23(32)13-17/h6-8,10-13,24-26,30-34H,9,14-15H2,1-5H3/b8-7+/t24-,25-,26+,29+/m1/s1. The summed E-state index contributed by atoms with van der Waals surface area (Å²) in [5.41, 5.74) is 2.36. The summed E-state index contributed by atoms with van der Waals surface area (Å²) in [6, 6.07) is 6.73. The molecule has 35 heavy (non-hydrogen) atoms. The first-order chi connectivity index (χ1) is 16.3. The van der Waals surface area contributed by atoms with Crippen LogP contribution in [0.25, 0.3) is 12.2 Å². The molecule has 6 nitrogen and oxygen atoms in total. The SMILES string of the molecule is CC(C)=CCc1c(O)cc(/C=C/c2cc(O)c3c(c2)C[C@@H]2C(C)(C)[C@H](O)C[C@H](O)[C@@]2(C)O3)cc1O. The molecule has 4 atom stereocenters. The Morgan fingerprint density at radius 2 is 1.49 bits per heavy atom. The molecule has 0 bridgehead atoms. The largest absolute Gasteiger partial charge is 0.507 e. The maximum absolute atomic E-state index is 10.8. The van der Waals surface area contributed by atoms with E-state index in [2.05, 4.69) is 0 Å². The fraction of sp³-hybridized carbons (Fsp3) is 0.448. The molecule has 0 spiro atoms. The number of rotatable bonds is 4. The number of aromatic hydroxyl groups is 3. The van der Waals surface area contributed by atoms with Crippen molar-refractivity contribution in [3.05, 3.63) is 58.2 Å². The van der Waals surface area contributed by atoms with Crippen LogP contribution in [0.15, 0.2) is 35.9 Å². The zero-order valence-corrected chi connectivity index (χ0v) is 21.0. The third-order valence-electron chi connectivity index (χ3n) is 7.88. The predicted octanol–water partition coefficient (Wildman–Crippen LogP) is 4.94. The minimum atomic E-state index is -0.910. The van der Waals surface area contributed by atoms with Gasteiger partial charge in [-0.15, -0.1) is 0 Å². The van der Waals surface area contributed by atoms with Crippen molar-refractivity contribution < 1.29 is 30.3 Å². The van der Waals surface area contributed by atoms with Gasteiger partial charge in [0.05, 0.1) is 12.2 Å². The van der Waals surface area contributed by atoms with Crippen molar-refractivity contribution in [1.29, 1.82) is 0 Å². The van der Waals surface area contributed by atoms with Gasteiger partial charge in [-0.25, -0.2) is 0 Å². The van der Waals surface area contributed by atoms with E-state index in [9.17, 15) is 25.5 Å². The predicted molar refractivity (Wildman–Crippen MR) is 137 cm³/mol. The Morgan fingerprint density at radius 3 is 2.09 bits per heavy atom. The molecule has 6 heteroatoms. The van der Waals surface area contributed by atoms with Crippen molar-refractivity contribution in [3.63, 3.8) is 0 Å². The van der Waals surface area contributed by atoms with Crippen LogP contribution in [0.1, 0.15) is 63.3 Å². The molecule has 0 aromatic heterocycles. The smallest absolute Gasteiger partial charge is 0.165 e. The molecule has 1 fully saturated rings. The average molecular weight is 481 g/mol. The van der Waals surface area contributed by atoms with Crippen LogP contribution in [-0.4, -0.2) is 43.3 Å². The Hall–Kier alpha value is -2.96. The lowest BCUT2D eigenvalue weighted by Crippen LogP contribution is -2.65. The van der Waals surface area contributed by atoms with Crippen molar-refractivity contribution in [3.8, 4) is 23.0 Å². The van der Waals surface area contributed by atoms with Gasteiger partial charge >= 0.3 is 0 Å². The van der Waals surface area contributed by atoms with Crippen molar-refractivity contribution in [2.24, 2.45) is 11.3 Å². The van der Waals surface area contributed by atoms with Gasteiger partial charge in [-0.3, -0.25) is 0 Å². The van der Waals surface area contributed by atoms with Crippen LogP contribution in [0, 0.1) is 11.3 Å². The molecule has 1 saturated carbocycles. The van der Waals surface area contributed by atoms with E-state index in [4.69, 9.17) is 4.74 Å². The first-order valence-corrected chi connectivity index (χ1v) is 12.1. The van der Waals surface area contributed by atoms with Crippen molar-refractivity contribution in [1.82, 2.24) is 0 Å². The highest BCUT2D eigenvalue weighted by molar-refractivity contribution is 5.73. The average Bonchev–Trinajstić information content (AvgIpc) is 2.76. The van der Waals surface area contributed by atoms with Crippen molar-refractivity contribution >= 4 is 12.2 Å². The number of fused-ring (bicyclic) bond motifs is 2. The summed E-state index contributed by atoms with van der Waals surface area (Å²) in [6.45, 7) is 9.76. The quantitative estimate of drug-likeness (QED) is 0.313. The number of ether oxygens (including phenoxy) is 1. The Bertz CT molecular complexity index is 1170. The first kappa shape index (κ1) is 25.1. The second kappa shape index (κ2) is 8.92. The number of hydrogen-bond acceptors (Lipinski definition) is 6. The fourth-order valence-corrected chi connectivity index (χ4v) is 5.53. The second-order valence-electron chi connectivity index (χ2n) is 11.0. The molecule has 1 heterocycles. The van der Waals surface area contributed by atoms with E-state index >= 15 is 0 Å². The molecule has 0 radical (unpaired) electrons. The van der Waals surface area contributed by atoms with Crippen LogP contribution in [0.2, 0.25) is 0 Å². The summed E-state index contributed by atoms with van der Waals surface area (Å²) in [4.78, 5) is 0.